The molecule has 0 N–H and O–H groups in total. The Morgan fingerprint density at radius 3 is 2.81 bits per heavy atom. The van der Waals surface area contributed by atoms with E-state index in [1.165, 1.54) is 6.07 Å². The Morgan fingerprint density at radius 1 is 1.31 bits per heavy atom. The Morgan fingerprint density at radius 2 is 2.08 bits per heavy atom. The van der Waals surface area contributed by atoms with E-state index >= 15 is 0 Å². The van der Waals surface area contributed by atoms with E-state index in [0.717, 1.165) is 38.3 Å². The SMILES string of the molecule is Cc1ccc(F)c(-c2nnc(C(C)N3CCN(CCOC=O)CC3)o2)c1. The first-order valence-corrected chi connectivity index (χ1v) is 8.70. The number of halogens is 1. The molecule has 1 saturated heterocycles. The molecule has 2 heterocycles. The molecule has 0 saturated carbocycles. The summed E-state index contributed by atoms with van der Waals surface area (Å²) in [5, 5.41) is 8.15. The van der Waals surface area contributed by atoms with Crippen LogP contribution in [0, 0.1) is 12.7 Å². The summed E-state index contributed by atoms with van der Waals surface area (Å²) >= 11 is 0. The first kappa shape index (κ1) is 18.5. The lowest BCUT2D eigenvalue weighted by molar-refractivity contribution is -0.129. The van der Waals surface area contributed by atoms with Crippen LogP contribution < -0.4 is 0 Å². The molecular weight excluding hydrogens is 339 g/mol. The summed E-state index contributed by atoms with van der Waals surface area (Å²) in [5.41, 5.74) is 1.26. The minimum absolute atomic E-state index is 0.0440. The number of aryl methyl sites for hydroxylation is 1. The van der Waals surface area contributed by atoms with Crippen LogP contribution in [0.15, 0.2) is 22.6 Å². The lowest BCUT2D eigenvalue weighted by atomic mass is 10.1. The van der Waals surface area contributed by atoms with Crippen LogP contribution in [-0.2, 0) is 9.53 Å². The highest BCUT2D eigenvalue weighted by molar-refractivity contribution is 5.54. The summed E-state index contributed by atoms with van der Waals surface area (Å²) < 4.78 is 24.5. The van der Waals surface area contributed by atoms with Crippen LogP contribution >= 0.6 is 0 Å². The summed E-state index contributed by atoms with van der Waals surface area (Å²) in [4.78, 5) is 14.7. The van der Waals surface area contributed by atoms with Gasteiger partial charge >= 0.3 is 0 Å². The lowest BCUT2D eigenvalue weighted by Gasteiger charge is -2.36. The fourth-order valence-electron chi connectivity index (χ4n) is 3.08. The molecule has 2 aromatic rings. The van der Waals surface area contributed by atoms with Crippen molar-refractivity contribution in [2.24, 2.45) is 0 Å². The predicted molar refractivity (Wildman–Crippen MR) is 92.9 cm³/mol. The third-order valence-corrected chi connectivity index (χ3v) is 4.70. The third kappa shape index (κ3) is 4.25. The first-order valence-electron chi connectivity index (χ1n) is 8.70. The van der Waals surface area contributed by atoms with E-state index in [4.69, 9.17) is 9.15 Å². The molecule has 0 radical (unpaired) electrons. The number of rotatable bonds is 7. The number of ether oxygens (including phenoxy) is 1. The Hall–Kier alpha value is -2.32. The van der Waals surface area contributed by atoms with Crippen LogP contribution in [0.25, 0.3) is 11.5 Å². The van der Waals surface area contributed by atoms with Crippen molar-refractivity contribution >= 4 is 6.47 Å². The molecule has 1 atom stereocenters. The van der Waals surface area contributed by atoms with Crippen molar-refractivity contribution in [2.45, 2.75) is 19.9 Å². The Kier molecular flexibility index (Phi) is 5.95. The van der Waals surface area contributed by atoms with Crippen LogP contribution in [0.5, 0.6) is 0 Å². The molecule has 1 aliphatic rings. The minimum atomic E-state index is -0.371. The molecule has 0 spiro atoms. The van der Waals surface area contributed by atoms with Gasteiger partial charge < -0.3 is 9.15 Å². The van der Waals surface area contributed by atoms with E-state index in [1.54, 1.807) is 12.1 Å². The average Bonchev–Trinajstić information content (AvgIpc) is 3.14. The second-order valence-electron chi connectivity index (χ2n) is 6.45. The maximum atomic E-state index is 14.0. The van der Waals surface area contributed by atoms with Gasteiger partial charge in [-0.05, 0) is 26.0 Å². The molecule has 1 aromatic carbocycles. The number of benzene rings is 1. The lowest BCUT2D eigenvalue weighted by Crippen LogP contribution is -2.48. The largest absolute Gasteiger partial charge is 0.467 e. The molecule has 26 heavy (non-hydrogen) atoms. The van der Waals surface area contributed by atoms with E-state index in [2.05, 4.69) is 20.0 Å². The van der Waals surface area contributed by atoms with Crippen molar-refractivity contribution in [2.75, 3.05) is 39.3 Å². The van der Waals surface area contributed by atoms with Crippen LogP contribution in [0.1, 0.15) is 24.4 Å². The second kappa shape index (κ2) is 8.37. The van der Waals surface area contributed by atoms with Crippen molar-refractivity contribution in [1.29, 1.82) is 0 Å². The smallest absolute Gasteiger partial charge is 0.293 e. The van der Waals surface area contributed by atoms with Gasteiger partial charge in [-0.1, -0.05) is 11.6 Å². The standard InChI is InChI=1S/C18H23FN4O3/c1-13-3-4-16(19)15(11-13)18-21-20-17(26-18)14(2)23-7-5-22(6-8-23)9-10-25-12-24/h3-4,11-12,14H,5-10H2,1-2H3. The summed E-state index contributed by atoms with van der Waals surface area (Å²) in [6.07, 6.45) is 0. The second-order valence-corrected chi connectivity index (χ2v) is 6.45. The van der Waals surface area contributed by atoms with E-state index in [0.29, 0.717) is 24.5 Å². The molecular formula is C18H23FN4O3. The first-order chi connectivity index (χ1) is 12.6. The van der Waals surface area contributed by atoms with Gasteiger partial charge in [-0.15, -0.1) is 10.2 Å². The molecule has 0 aliphatic carbocycles. The highest BCUT2D eigenvalue weighted by Crippen LogP contribution is 2.27. The molecule has 7 nitrogen and oxygen atoms in total. The van der Waals surface area contributed by atoms with Crippen LogP contribution in [0.4, 0.5) is 4.39 Å². The van der Waals surface area contributed by atoms with Crippen molar-refractivity contribution in [3.05, 3.63) is 35.5 Å². The quantitative estimate of drug-likeness (QED) is 0.551. The van der Waals surface area contributed by atoms with Crippen molar-refractivity contribution in [1.82, 2.24) is 20.0 Å². The fourth-order valence-corrected chi connectivity index (χ4v) is 3.08. The molecule has 3 rings (SSSR count). The Labute approximate surface area is 151 Å². The number of hydrogen-bond donors (Lipinski definition) is 0. The topological polar surface area (TPSA) is 71.7 Å². The summed E-state index contributed by atoms with van der Waals surface area (Å²) in [6, 6.07) is 4.78. The fraction of sp³-hybridized carbons (Fsp3) is 0.500. The molecule has 0 amide bonds. The number of piperazine rings is 1. The molecule has 1 unspecified atom stereocenters. The highest BCUT2D eigenvalue weighted by Gasteiger charge is 2.26. The van der Waals surface area contributed by atoms with Crippen LogP contribution in [0.2, 0.25) is 0 Å². The maximum absolute atomic E-state index is 14.0. The van der Waals surface area contributed by atoms with Crippen molar-refractivity contribution < 1.29 is 18.3 Å². The van der Waals surface area contributed by atoms with Gasteiger partial charge in [-0.2, -0.15) is 0 Å². The van der Waals surface area contributed by atoms with Gasteiger partial charge in [-0.3, -0.25) is 14.6 Å². The number of hydrogen-bond acceptors (Lipinski definition) is 7. The van der Waals surface area contributed by atoms with Gasteiger partial charge in [-0.25, -0.2) is 4.39 Å². The van der Waals surface area contributed by atoms with Crippen molar-refractivity contribution in [3.8, 4) is 11.5 Å². The van der Waals surface area contributed by atoms with Gasteiger partial charge in [0.15, 0.2) is 0 Å². The maximum Gasteiger partial charge on any atom is 0.293 e. The normalized spacial score (nSPS) is 17.2. The Balaban J connectivity index is 1.61. The molecule has 1 aliphatic heterocycles. The molecule has 1 aromatic heterocycles. The zero-order valence-corrected chi connectivity index (χ0v) is 15.0. The van der Waals surface area contributed by atoms with Crippen LogP contribution in [0.3, 0.4) is 0 Å². The van der Waals surface area contributed by atoms with Gasteiger partial charge in [0.05, 0.1) is 11.6 Å². The van der Waals surface area contributed by atoms with Gasteiger partial charge in [0.25, 0.3) is 12.4 Å². The van der Waals surface area contributed by atoms with Gasteiger partial charge in [0.1, 0.15) is 12.4 Å². The highest BCUT2D eigenvalue weighted by atomic mass is 19.1. The molecule has 0 bridgehead atoms. The number of carbonyl (C=O) groups is 1. The van der Waals surface area contributed by atoms with Crippen molar-refractivity contribution in [3.63, 3.8) is 0 Å². The summed E-state index contributed by atoms with van der Waals surface area (Å²) in [7, 11) is 0. The summed E-state index contributed by atoms with van der Waals surface area (Å²) in [6.45, 7) is 8.96. The molecule has 8 heteroatoms. The molecule has 1 fully saturated rings. The number of nitrogens with zero attached hydrogens (tertiary/aromatic N) is 4. The van der Waals surface area contributed by atoms with E-state index in [1.807, 2.05) is 13.8 Å². The predicted octanol–water partition coefficient (Wildman–Crippen LogP) is 2.04. The van der Waals surface area contributed by atoms with E-state index in [-0.39, 0.29) is 17.7 Å². The Bertz CT molecular complexity index is 744. The van der Waals surface area contributed by atoms with E-state index < -0.39 is 0 Å². The zero-order valence-electron chi connectivity index (χ0n) is 15.0. The minimum Gasteiger partial charge on any atom is -0.467 e. The molecule has 140 valence electrons. The van der Waals surface area contributed by atoms with Crippen LogP contribution in [-0.4, -0.2) is 65.8 Å². The number of aromatic nitrogens is 2. The van der Waals surface area contributed by atoms with Gasteiger partial charge in [0.2, 0.25) is 5.89 Å². The monoisotopic (exact) mass is 362 g/mol. The van der Waals surface area contributed by atoms with E-state index in [9.17, 15) is 9.18 Å². The number of carbonyl (C=O) groups excluding carboxylic acids is 1. The van der Waals surface area contributed by atoms with Gasteiger partial charge in [0, 0.05) is 32.7 Å². The third-order valence-electron chi connectivity index (χ3n) is 4.70. The summed E-state index contributed by atoms with van der Waals surface area (Å²) in [5.74, 6) is 0.320. The zero-order chi connectivity index (χ0) is 18.5. The average molecular weight is 362 g/mol.